The number of fused-ring (bicyclic) bond motifs is 1. The third-order valence-corrected chi connectivity index (χ3v) is 10.6. The lowest BCUT2D eigenvalue weighted by molar-refractivity contribution is -0.150. The standard InChI is InChI=1S/C38H45F3N4O3S/c1-7-9-13-26(8-2)21-49-36-43-34-31(35(46)48-32-24(5)16-22(3)17-25(32)6)30(27-14-11-10-12-15-27)33(45(34)37(47)44-36)42-29-19-23(4)18-28(20-29)38(39,40)41/h10-12,14-15,18-20,22,24-26,32H,7-9,13,16-17,21H2,1-6H3. The van der Waals surface area contributed by atoms with Crippen LogP contribution in [0.25, 0.3) is 11.1 Å². The van der Waals surface area contributed by atoms with Crippen molar-refractivity contribution in [1.29, 1.82) is 0 Å². The molecule has 262 valence electrons. The number of alkyl halides is 3. The van der Waals surface area contributed by atoms with E-state index in [0.29, 0.717) is 28.7 Å². The van der Waals surface area contributed by atoms with Gasteiger partial charge in [-0.2, -0.15) is 18.2 Å². The van der Waals surface area contributed by atoms with Gasteiger partial charge in [0.05, 0.1) is 11.3 Å². The van der Waals surface area contributed by atoms with E-state index in [-0.39, 0.29) is 51.6 Å². The largest absolute Gasteiger partial charge is 0.458 e. The second-order valence-electron chi connectivity index (χ2n) is 13.7. The number of carbonyl (C=O) groups excluding carboxylic acids is 1. The van der Waals surface area contributed by atoms with E-state index in [1.807, 2.05) is 6.07 Å². The molecule has 1 aliphatic heterocycles. The Kier molecular flexibility index (Phi) is 11.5. The maximum absolute atomic E-state index is 14.5. The first-order valence-electron chi connectivity index (χ1n) is 17.2. The molecule has 11 heteroatoms. The number of unbranched alkanes of at least 4 members (excludes halogenated alkanes) is 1. The fourth-order valence-corrected chi connectivity index (χ4v) is 8.22. The number of esters is 1. The Bertz CT molecular complexity index is 1770. The molecule has 2 aliphatic rings. The molecule has 3 unspecified atom stereocenters. The number of aromatic nitrogens is 3. The van der Waals surface area contributed by atoms with Gasteiger partial charge >= 0.3 is 17.8 Å². The van der Waals surface area contributed by atoms with Gasteiger partial charge in [-0.3, -0.25) is 0 Å². The maximum Gasteiger partial charge on any atom is 0.416 e. The fourth-order valence-electron chi connectivity index (χ4n) is 7.14. The number of ether oxygens (including phenoxy) is 1. The number of benzene rings is 2. The van der Waals surface area contributed by atoms with Gasteiger partial charge in [0.1, 0.15) is 11.7 Å². The Labute approximate surface area is 290 Å². The molecule has 1 aliphatic carbocycles. The zero-order valence-corrected chi connectivity index (χ0v) is 29.8. The lowest BCUT2D eigenvalue weighted by Gasteiger charge is -2.37. The highest BCUT2D eigenvalue weighted by Crippen LogP contribution is 2.40. The Balaban J connectivity index is 1.71. The van der Waals surface area contributed by atoms with Gasteiger partial charge in [-0.15, -0.1) is 0 Å². The lowest BCUT2D eigenvalue weighted by Crippen LogP contribution is -2.37. The zero-order chi connectivity index (χ0) is 35.5. The van der Waals surface area contributed by atoms with Crippen LogP contribution in [0.5, 0.6) is 0 Å². The topological polar surface area (TPSA) is 86.4 Å². The van der Waals surface area contributed by atoms with Crippen LogP contribution < -0.4 is 5.69 Å². The number of allylic oxidation sites excluding steroid dienone is 1. The van der Waals surface area contributed by atoms with Gasteiger partial charge in [-0.05, 0) is 79.2 Å². The summed E-state index contributed by atoms with van der Waals surface area (Å²) >= 11 is 1.37. The van der Waals surface area contributed by atoms with Crippen molar-refractivity contribution in [2.75, 3.05) is 5.75 Å². The van der Waals surface area contributed by atoms with Crippen LogP contribution in [0.1, 0.15) is 95.7 Å². The van der Waals surface area contributed by atoms with E-state index in [4.69, 9.17) is 9.72 Å². The van der Waals surface area contributed by atoms with Gasteiger partial charge in [0, 0.05) is 11.3 Å². The normalized spacial score (nSPS) is 22.3. The Morgan fingerprint density at radius 2 is 1.76 bits per heavy atom. The number of aryl methyl sites for hydroxylation is 1. The molecule has 3 aromatic rings. The van der Waals surface area contributed by atoms with Crippen LogP contribution in [0.3, 0.4) is 0 Å². The van der Waals surface area contributed by atoms with Crippen LogP contribution in [-0.4, -0.2) is 38.2 Å². The van der Waals surface area contributed by atoms with E-state index in [1.165, 1.54) is 17.8 Å². The van der Waals surface area contributed by atoms with Crippen LogP contribution in [0.2, 0.25) is 0 Å². The van der Waals surface area contributed by atoms with Crippen molar-refractivity contribution in [2.45, 2.75) is 97.5 Å². The predicted molar refractivity (Wildman–Crippen MR) is 189 cm³/mol. The minimum absolute atomic E-state index is 0.0214. The number of hydrogen-bond acceptors (Lipinski definition) is 7. The predicted octanol–water partition coefficient (Wildman–Crippen LogP) is 9.39. The highest BCUT2D eigenvalue weighted by atomic mass is 32.2. The number of hydrogen-bond donors (Lipinski definition) is 0. The first-order valence-corrected chi connectivity index (χ1v) is 18.2. The Morgan fingerprint density at radius 1 is 1.06 bits per heavy atom. The number of thioether (sulfide) groups is 1. The SMILES string of the molecule is CCCCC(CC)CSc1nc2n(c(=O)n1)C(=Nc1cc(C)cc(C(F)(F)F)c1)C(c1ccccc1)=C2C(=O)OC1C(C)CC(C)CC1C. The summed E-state index contributed by atoms with van der Waals surface area (Å²) in [5, 5.41) is 0.230. The van der Waals surface area contributed by atoms with Crippen molar-refractivity contribution < 1.29 is 22.7 Å². The van der Waals surface area contributed by atoms with Crippen molar-refractivity contribution in [1.82, 2.24) is 14.5 Å². The van der Waals surface area contributed by atoms with Crippen molar-refractivity contribution in [2.24, 2.45) is 28.7 Å². The highest BCUT2D eigenvalue weighted by molar-refractivity contribution is 7.99. The molecular weight excluding hydrogens is 650 g/mol. The number of nitrogens with zero attached hydrogens (tertiary/aromatic N) is 4. The second kappa shape index (κ2) is 15.4. The van der Waals surface area contributed by atoms with Gasteiger partial charge in [0.2, 0.25) is 0 Å². The van der Waals surface area contributed by atoms with Crippen molar-refractivity contribution in [3.63, 3.8) is 0 Å². The van der Waals surface area contributed by atoms with Crippen LogP contribution in [0.4, 0.5) is 18.9 Å². The highest BCUT2D eigenvalue weighted by Gasteiger charge is 2.41. The maximum atomic E-state index is 14.5. The molecule has 2 aromatic carbocycles. The van der Waals surface area contributed by atoms with Crippen molar-refractivity contribution in [3.8, 4) is 0 Å². The first kappa shape index (κ1) is 36.5. The summed E-state index contributed by atoms with van der Waals surface area (Å²) in [7, 11) is 0. The minimum atomic E-state index is -4.61. The molecule has 2 heterocycles. The molecular formula is C38H45F3N4O3S. The molecule has 1 saturated carbocycles. The van der Waals surface area contributed by atoms with Crippen molar-refractivity contribution in [3.05, 3.63) is 81.5 Å². The van der Waals surface area contributed by atoms with Crippen LogP contribution in [0, 0.1) is 30.6 Å². The average molecular weight is 695 g/mol. The summed E-state index contributed by atoms with van der Waals surface area (Å²) in [5.41, 5.74) is -0.420. The van der Waals surface area contributed by atoms with E-state index >= 15 is 0 Å². The molecule has 0 spiro atoms. The van der Waals surface area contributed by atoms with Gasteiger partial charge in [0.15, 0.2) is 16.8 Å². The van der Waals surface area contributed by atoms with Crippen molar-refractivity contribution >= 4 is 40.4 Å². The van der Waals surface area contributed by atoms with E-state index in [9.17, 15) is 22.8 Å². The molecule has 0 radical (unpaired) electrons. The quantitative estimate of drug-likeness (QED) is 0.147. The van der Waals surface area contributed by atoms with E-state index in [1.54, 1.807) is 31.2 Å². The molecule has 3 atom stereocenters. The van der Waals surface area contributed by atoms with E-state index in [0.717, 1.165) is 55.2 Å². The monoisotopic (exact) mass is 694 g/mol. The smallest absolute Gasteiger partial charge is 0.416 e. The Morgan fingerprint density at radius 3 is 2.39 bits per heavy atom. The fraction of sp³-hybridized carbons (Fsp3) is 0.500. The Hall–Kier alpha value is -3.73. The van der Waals surface area contributed by atoms with E-state index < -0.39 is 23.4 Å². The summed E-state index contributed by atoms with van der Waals surface area (Å²) in [4.78, 5) is 42.1. The van der Waals surface area contributed by atoms with Crippen LogP contribution in [-0.2, 0) is 15.7 Å². The molecule has 0 saturated heterocycles. The molecule has 0 amide bonds. The summed E-state index contributed by atoms with van der Waals surface area (Å²) < 4.78 is 49.0. The second-order valence-corrected chi connectivity index (χ2v) is 14.7. The summed E-state index contributed by atoms with van der Waals surface area (Å²) in [6.07, 6.45) is 1.04. The third kappa shape index (κ3) is 8.36. The summed E-state index contributed by atoms with van der Waals surface area (Å²) in [6, 6.07) is 12.4. The number of aliphatic imine (C=N–C) groups is 1. The number of carbonyl (C=O) groups is 1. The van der Waals surface area contributed by atoms with E-state index in [2.05, 4.69) is 44.6 Å². The van der Waals surface area contributed by atoms with Gasteiger partial charge < -0.3 is 4.74 Å². The summed E-state index contributed by atoms with van der Waals surface area (Å²) in [6.45, 7) is 12.2. The molecule has 0 bridgehead atoms. The molecule has 7 nitrogen and oxygen atoms in total. The average Bonchev–Trinajstić information content (AvgIpc) is 3.36. The summed E-state index contributed by atoms with van der Waals surface area (Å²) in [5.74, 6) is 1.17. The third-order valence-electron chi connectivity index (χ3n) is 9.50. The molecule has 5 rings (SSSR count). The zero-order valence-electron chi connectivity index (χ0n) is 29.0. The number of rotatable bonds is 11. The molecule has 0 N–H and O–H groups in total. The molecule has 1 aromatic heterocycles. The minimum Gasteiger partial charge on any atom is -0.458 e. The van der Waals surface area contributed by atoms with Crippen LogP contribution >= 0.6 is 11.8 Å². The van der Waals surface area contributed by atoms with Gasteiger partial charge in [0.25, 0.3) is 0 Å². The molecule has 49 heavy (non-hydrogen) atoms. The first-order chi connectivity index (χ1) is 23.3. The van der Waals surface area contributed by atoms with Crippen LogP contribution in [0.15, 0.2) is 63.5 Å². The number of halogens is 3. The van der Waals surface area contributed by atoms with Gasteiger partial charge in [-0.25, -0.2) is 24.1 Å². The molecule has 1 fully saturated rings. The van der Waals surface area contributed by atoms with Gasteiger partial charge in [-0.1, -0.05) is 96.0 Å². The lowest BCUT2D eigenvalue weighted by atomic mass is 9.75.